The van der Waals surface area contributed by atoms with Crippen molar-refractivity contribution in [2.75, 3.05) is 13.2 Å². The quantitative estimate of drug-likeness (QED) is 0.0261. The normalized spacial score (nSPS) is 12.4. The molecule has 1 atom stereocenters. The highest BCUT2D eigenvalue weighted by atomic mass is 16.6. The third-order valence-electron chi connectivity index (χ3n) is 16.5. The van der Waals surface area contributed by atoms with Gasteiger partial charge in [0.25, 0.3) is 0 Å². The van der Waals surface area contributed by atoms with Crippen LogP contribution in [0.4, 0.5) is 0 Å². The summed E-state index contributed by atoms with van der Waals surface area (Å²) in [7, 11) is 0. The topological polar surface area (TPSA) is 78.9 Å². The molecule has 0 N–H and O–H groups in total. The van der Waals surface area contributed by atoms with Gasteiger partial charge in [0, 0.05) is 19.3 Å². The molecule has 6 heteroatoms. The Kier molecular flexibility index (Phi) is 69.1. The molecule has 0 spiro atoms. The number of hydrogen-bond donors (Lipinski definition) is 0. The van der Waals surface area contributed by atoms with Crippen molar-refractivity contribution < 1.29 is 28.6 Å². The number of ether oxygens (including phenoxy) is 3. The predicted octanol–water partition coefficient (Wildman–Crippen LogP) is 25.5. The minimum atomic E-state index is -0.778. The minimum absolute atomic E-state index is 0.0729. The van der Waals surface area contributed by atoms with Gasteiger partial charge in [-0.1, -0.05) is 351 Å². The van der Waals surface area contributed by atoms with Crippen LogP contribution >= 0.6 is 0 Å². The Morgan fingerprint density at radius 1 is 0.253 bits per heavy atom. The average Bonchev–Trinajstić information content (AvgIpc) is 3.49. The average molecular weight is 1160 g/mol. The fraction of sp³-hybridized carbons (Fsp3) is 0.831. The van der Waals surface area contributed by atoms with Crippen molar-refractivity contribution in [2.24, 2.45) is 0 Å². The number of esters is 3. The Morgan fingerprint density at radius 3 is 0.771 bits per heavy atom. The van der Waals surface area contributed by atoms with Crippen LogP contribution in [0.1, 0.15) is 393 Å². The summed E-state index contributed by atoms with van der Waals surface area (Å²) in [6.45, 7) is 6.56. The lowest BCUT2D eigenvalue weighted by molar-refractivity contribution is -0.167. The highest BCUT2D eigenvalue weighted by molar-refractivity contribution is 5.71. The number of allylic oxidation sites excluding steroid dienone is 10. The van der Waals surface area contributed by atoms with E-state index in [2.05, 4.69) is 81.5 Å². The zero-order chi connectivity index (χ0) is 59.9. The first kappa shape index (κ1) is 80.1. The maximum atomic E-state index is 13.0. The second-order valence-electron chi connectivity index (χ2n) is 24.8. The van der Waals surface area contributed by atoms with Crippen LogP contribution in [0.3, 0.4) is 0 Å². The first-order chi connectivity index (χ1) is 41.0. The lowest BCUT2D eigenvalue weighted by atomic mass is 10.0. The molecule has 0 amide bonds. The molecule has 0 aliphatic rings. The molecule has 0 aromatic heterocycles. The number of carbonyl (C=O) groups excluding carboxylic acids is 3. The first-order valence-corrected chi connectivity index (χ1v) is 36.8. The molecule has 0 saturated carbocycles. The van der Waals surface area contributed by atoms with E-state index in [0.717, 1.165) is 89.9 Å². The third-order valence-corrected chi connectivity index (χ3v) is 16.5. The van der Waals surface area contributed by atoms with E-state index in [4.69, 9.17) is 14.2 Å². The van der Waals surface area contributed by atoms with Gasteiger partial charge in [0.05, 0.1) is 0 Å². The summed E-state index contributed by atoms with van der Waals surface area (Å²) >= 11 is 0. The molecule has 83 heavy (non-hydrogen) atoms. The first-order valence-electron chi connectivity index (χ1n) is 36.8. The predicted molar refractivity (Wildman–Crippen MR) is 362 cm³/mol. The lowest BCUT2D eigenvalue weighted by Crippen LogP contribution is -2.30. The maximum absolute atomic E-state index is 13.0. The molecule has 1 unspecified atom stereocenters. The van der Waals surface area contributed by atoms with Gasteiger partial charge >= 0.3 is 17.9 Å². The van der Waals surface area contributed by atoms with E-state index in [1.54, 1.807) is 0 Å². The smallest absolute Gasteiger partial charge is 0.306 e. The van der Waals surface area contributed by atoms with Crippen LogP contribution in [-0.4, -0.2) is 37.2 Å². The molecule has 0 aromatic rings. The van der Waals surface area contributed by atoms with Gasteiger partial charge in [0.15, 0.2) is 6.10 Å². The summed E-state index contributed by atoms with van der Waals surface area (Å²) in [5.74, 6) is -0.860. The van der Waals surface area contributed by atoms with Gasteiger partial charge in [-0.3, -0.25) is 14.4 Å². The summed E-state index contributed by atoms with van der Waals surface area (Å²) in [6, 6.07) is 0. The Morgan fingerprint density at radius 2 is 0.470 bits per heavy atom. The van der Waals surface area contributed by atoms with Gasteiger partial charge < -0.3 is 14.2 Å². The zero-order valence-electron chi connectivity index (χ0n) is 55.7. The Balaban J connectivity index is 4.18. The fourth-order valence-corrected chi connectivity index (χ4v) is 11.0. The van der Waals surface area contributed by atoms with Crippen molar-refractivity contribution in [2.45, 2.75) is 399 Å². The zero-order valence-corrected chi connectivity index (χ0v) is 55.7. The Bertz CT molecular complexity index is 1470. The van der Waals surface area contributed by atoms with Crippen LogP contribution in [0.2, 0.25) is 0 Å². The molecule has 6 nitrogen and oxygen atoms in total. The van der Waals surface area contributed by atoms with Gasteiger partial charge in [0.2, 0.25) is 0 Å². The molecule has 484 valence electrons. The largest absolute Gasteiger partial charge is 0.462 e. The summed E-state index contributed by atoms with van der Waals surface area (Å²) in [5, 5.41) is 0. The number of carbonyl (C=O) groups is 3. The second-order valence-corrected chi connectivity index (χ2v) is 24.8. The molecule has 0 fully saturated rings. The van der Waals surface area contributed by atoms with Crippen molar-refractivity contribution in [3.05, 3.63) is 60.8 Å². The SMILES string of the molecule is CC/C=C\C/C=C\C/C=C\C/C=C\CCCCCCCCCCCCCCC(=O)OC(COC(=O)CCCCCCC/C=C\CCCCC)COC(=O)CCCCCCCCCCCCCCCCCCCCCCCCCCCCCC. The van der Waals surface area contributed by atoms with Crippen LogP contribution in [0.25, 0.3) is 0 Å². The van der Waals surface area contributed by atoms with E-state index in [1.165, 1.54) is 263 Å². The van der Waals surface area contributed by atoms with E-state index in [9.17, 15) is 14.4 Å². The standard InChI is InChI=1S/C77H140O6/c1-4-7-10-13-16-19-22-25-27-29-31-33-35-37-38-39-41-42-44-46-48-50-52-55-58-61-64-67-70-76(79)82-73-74(72-81-75(78)69-66-63-60-57-54-24-21-18-15-12-9-6-3)83-77(80)71-68-65-62-59-56-53-51-49-47-45-43-40-36-34-32-30-28-26-23-20-17-14-11-8-5-2/h8,11,17-18,20-21,26,28,32,34,74H,4-7,9-10,12-16,19,22-25,27,29-31,33,35-73H2,1-3H3/b11-8-,20-17-,21-18-,28-26-,34-32-. The fourth-order valence-electron chi connectivity index (χ4n) is 11.0. The van der Waals surface area contributed by atoms with Gasteiger partial charge in [0.1, 0.15) is 13.2 Å². The van der Waals surface area contributed by atoms with Crippen LogP contribution < -0.4 is 0 Å². The van der Waals surface area contributed by atoms with E-state index in [0.29, 0.717) is 19.3 Å². The molecule has 0 bridgehead atoms. The Hall–Kier alpha value is -2.89. The van der Waals surface area contributed by atoms with E-state index >= 15 is 0 Å². The summed E-state index contributed by atoms with van der Waals surface area (Å²) < 4.78 is 17.0. The van der Waals surface area contributed by atoms with Crippen molar-refractivity contribution in [3.63, 3.8) is 0 Å². The highest BCUT2D eigenvalue weighted by Crippen LogP contribution is 2.19. The molecule has 0 aromatic carbocycles. The maximum Gasteiger partial charge on any atom is 0.306 e. The van der Waals surface area contributed by atoms with Crippen LogP contribution in [-0.2, 0) is 28.6 Å². The summed E-state index contributed by atoms with van der Waals surface area (Å²) in [6.07, 6.45) is 92.7. The Labute approximate surface area is 517 Å². The second kappa shape index (κ2) is 71.6. The van der Waals surface area contributed by atoms with Crippen molar-refractivity contribution in [1.29, 1.82) is 0 Å². The van der Waals surface area contributed by atoms with Crippen molar-refractivity contribution >= 4 is 17.9 Å². The van der Waals surface area contributed by atoms with E-state index in [1.807, 2.05) is 0 Å². The van der Waals surface area contributed by atoms with Crippen molar-refractivity contribution in [1.82, 2.24) is 0 Å². The van der Waals surface area contributed by atoms with E-state index < -0.39 is 6.10 Å². The molecule has 0 heterocycles. The molecule has 0 aliphatic heterocycles. The number of hydrogen-bond acceptors (Lipinski definition) is 6. The van der Waals surface area contributed by atoms with Crippen molar-refractivity contribution in [3.8, 4) is 0 Å². The number of unbranched alkanes of at least 4 members (excludes halogenated alkanes) is 47. The molecule has 0 rings (SSSR count). The summed E-state index contributed by atoms with van der Waals surface area (Å²) in [4.78, 5) is 38.4. The van der Waals surface area contributed by atoms with E-state index in [-0.39, 0.29) is 31.1 Å². The molecule has 0 radical (unpaired) electrons. The van der Waals surface area contributed by atoms with Crippen LogP contribution in [0.5, 0.6) is 0 Å². The summed E-state index contributed by atoms with van der Waals surface area (Å²) in [5.41, 5.74) is 0. The van der Waals surface area contributed by atoms with Gasteiger partial charge in [-0.2, -0.15) is 0 Å². The van der Waals surface area contributed by atoms with Gasteiger partial charge in [-0.05, 0) is 83.5 Å². The monoisotopic (exact) mass is 1160 g/mol. The lowest BCUT2D eigenvalue weighted by Gasteiger charge is -2.18. The molecular weight excluding hydrogens is 1020 g/mol. The van der Waals surface area contributed by atoms with Crippen LogP contribution in [0, 0.1) is 0 Å². The van der Waals surface area contributed by atoms with Crippen LogP contribution in [0.15, 0.2) is 60.8 Å². The molecule has 0 saturated heterocycles. The highest BCUT2D eigenvalue weighted by Gasteiger charge is 2.19. The minimum Gasteiger partial charge on any atom is -0.462 e. The number of rotatable bonds is 68. The van der Waals surface area contributed by atoms with Gasteiger partial charge in [-0.15, -0.1) is 0 Å². The third kappa shape index (κ3) is 69.8. The van der Waals surface area contributed by atoms with Gasteiger partial charge in [-0.25, -0.2) is 0 Å². The molecular formula is C77H140O6. The molecule has 0 aliphatic carbocycles.